The summed E-state index contributed by atoms with van der Waals surface area (Å²) >= 11 is 0. The van der Waals surface area contributed by atoms with Crippen molar-refractivity contribution in [3.63, 3.8) is 0 Å². The zero-order valence-corrected chi connectivity index (χ0v) is 12.4. The number of aliphatic hydroxyl groups excluding tert-OH is 1. The third-order valence-electron chi connectivity index (χ3n) is 3.71. The molecule has 3 rings (SSSR count). The number of hydrogen-bond donors (Lipinski definition) is 3. The van der Waals surface area contributed by atoms with Gasteiger partial charge in [-0.15, -0.1) is 0 Å². The van der Waals surface area contributed by atoms with E-state index >= 15 is 0 Å². The zero-order chi connectivity index (χ0) is 15.7. The van der Waals surface area contributed by atoms with Gasteiger partial charge in [0.15, 0.2) is 11.0 Å². The monoisotopic (exact) mass is 319 g/mol. The summed E-state index contributed by atoms with van der Waals surface area (Å²) in [5, 5.41) is 18.4. The van der Waals surface area contributed by atoms with Crippen molar-refractivity contribution in [3.05, 3.63) is 47.0 Å². The second-order valence-corrected chi connectivity index (χ2v) is 6.37. The quantitative estimate of drug-likeness (QED) is 0.808. The molecule has 114 valence electrons. The minimum absolute atomic E-state index is 0.0862. The number of anilines is 1. The molecule has 1 aromatic heterocycles. The van der Waals surface area contributed by atoms with E-state index in [-0.39, 0.29) is 17.4 Å². The third-order valence-corrected chi connectivity index (χ3v) is 4.88. The molecule has 2 unspecified atom stereocenters. The van der Waals surface area contributed by atoms with Gasteiger partial charge in [-0.3, -0.25) is 4.72 Å². The van der Waals surface area contributed by atoms with E-state index < -0.39 is 16.8 Å². The molecular formula is C15H14FN3O2S. The highest BCUT2D eigenvalue weighted by atomic mass is 32.2. The molecule has 5 nitrogen and oxygen atoms in total. The van der Waals surface area contributed by atoms with Crippen molar-refractivity contribution in [1.82, 2.24) is 4.98 Å². The Labute approximate surface area is 129 Å². The molecule has 22 heavy (non-hydrogen) atoms. The average Bonchev–Trinajstić information content (AvgIpc) is 2.92. The van der Waals surface area contributed by atoms with Crippen molar-refractivity contribution < 1.29 is 13.7 Å². The van der Waals surface area contributed by atoms with Gasteiger partial charge in [-0.2, -0.15) is 5.26 Å². The Kier molecular flexibility index (Phi) is 3.96. The Morgan fingerprint density at radius 2 is 2.32 bits per heavy atom. The van der Waals surface area contributed by atoms with Crippen LogP contribution >= 0.6 is 0 Å². The molecule has 7 heteroatoms. The second-order valence-electron chi connectivity index (χ2n) is 5.18. The van der Waals surface area contributed by atoms with Crippen LogP contribution in [0.15, 0.2) is 29.3 Å². The van der Waals surface area contributed by atoms with Crippen molar-refractivity contribution in [2.75, 3.05) is 4.72 Å². The molecule has 2 atom stereocenters. The SMILES string of the molecule is N#Cc1ccc(NS(=O)c2c[nH]c3c2CCC(O)C3)c(F)c1. The van der Waals surface area contributed by atoms with Gasteiger partial charge in [0.1, 0.15) is 5.82 Å². The summed E-state index contributed by atoms with van der Waals surface area (Å²) in [4.78, 5) is 3.60. The van der Waals surface area contributed by atoms with Gasteiger partial charge in [-0.05, 0) is 36.6 Å². The molecule has 0 spiro atoms. The molecule has 1 aliphatic rings. The molecule has 1 heterocycles. The highest BCUT2D eigenvalue weighted by Gasteiger charge is 2.23. The Morgan fingerprint density at radius 1 is 1.50 bits per heavy atom. The lowest BCUT2D eigenvalue weighted by Crippen LogP contribution is -2.19. The van der Waals surface area contributed by atoms with Crippen LogP contribution in [-0.2, 0) is 23.8 Å². The zero-order valence-electron chi connectivity index (χ0n) is 11.6. The van der Waals surface area contributed by atoms with Crippen molar-refractivity contribution in [2.45, 2.75) is 30.3 Å². The van der Waals surface area contributed by atoms with Gasteiger partial charge in [-0.1, -0.05) is 0 Å². The number of benzene rings is 1. The molecule has 0 fully saturated rings. The van der Waals surface area contributed by atoms with Gasteiger partial charge in [0, 0.05) is 18.3 Å². The molecule has 2 aromatic rings. The number of hydrogen-bond acceptors (Lipinski definition) is 3. The van der Waals surface area contributed by atoms with E-state index in [0.29, 0.717) is 24.2 Å². The molecule has 0 aliphatic heterocycles. The van der Waals surface area contributed by atoms with E-state index in [4.69, 9.17) is 5.26 Å². The number of nitrogens with zero attached hydrogens (tertiary/aromatic N) is 1. The summed E-state index contributed by atoms with van der Waals surface area (Å²) in [5.41, 5.74) is 2.10. The first kappa shape index (κ1) is 14.8. The van der Waals surface area contributed by atoms with Crippen LogP contribution in [0, 0.1) is 17.1 Å². The fraction of sp³-hybridized carbons (Fsp3) is 0.267. The number of fused-ring (bicyclic) bond motifs is 1. The molecule has 0 saturated heterocycles. The average molecular weight is 319 g/mol. The smallest absolute Gasteiger partial charge is 0.152 e. The molecule has 0 amide bonds. The number of aliphatic hydroxyl groups is 1. The van der Waals surface area contributed by atoms with E-state index in [0.717, 1.165) is 17.3 Å². The first-order chi connectivity index (χ1) is 10.6. The summed E-state index contributed by atoms with van der Waals surface area (Å²) in [6, 6.07) is 5.81. The van der Waals surface area contributed by atoms with Crippen molar-refractivity contribution in [3.8, 4) is 6.07 Å². The Bertz CT molecular complexity index is 782. The predicted octanol–water partition coefficient (Wildman–Crippen LogP) is 2.01. The standard InChI is InChI=1S/C15H14FN3O2S/c16-12-5-9(7-17)1-4-13(12)19-22(21)15-8-18-14-6-10(20)2-3-11(14)15/h1,4-5,8,10,18-20H,2-3,6H2. The maximum atomic E-state index is 13.8. The topological polar surface area (TPSA) is 88.9 Å². The summed E-state index contributed by atoms with van der Waals surface area (Å²) in [6.45, 7) is 0. The van der Waals surface area contributed by atoms with Crippen molar-refractivity contribution in [1.29, 1.82) is 5.26 Å². The van der Waals surface area contributed by atoms with Crippen LogP contribution in [0.2, 0.25) is 0 Å². The fourth-order valence-corrected chi connectivity index (χ4v) is 3.66. The van der Waals surface area contributed by atoms with Crippen LogP contribution in [0.5, 0.6) is 0 Å². The lowest BCUT2D eigenvalue weighted by atomic mass is 9.96. The number of aromatic nitrogens is 1. The highest BCUT2D eigenvalue weighted by Crippen LogP contribution is 2.27. The summed E-state index contributed by atoms with van der Waals surface area (Å²) in [7, 11) is -1.61. The maximum Gasteiger partial charge on any atom is 0.152 e. The van der Waals surface area contributed by atoms with Gasteiger partial charge in [0.2, 0.25) is 0 Å². The molecule has 0 radical (unpaired) electrons. The van der Waals surface area contributed by atoms with E-state index in [9.17, 15) is 13.7 Å². The lowest BCUT2D eigenvalue weighted by molar-refractivity contribution is 0.157. The minimum Gasteiger partial charge on any atom is -0.393 e. The number of nitrogens with one attached hydrogen (secondary N) is 2. The van der Waals surface area contributed by atoms with E-state index in [2.05, 4.69) is 9.71 Å². The Balaban J connectivity index is 1.83. The van der Waals surface area contributed by atoms with Crippen LogP contribution < -0.4 is 4.72 Å². The van der Waals surface area contributed by atoms with Crippen molar-refractivity contribution >= 4 is 16.7 Å². The first-order valence-electron chi connectivity index (χ1n) is 6.83. The summed E-state index contributed by atoms with van der Waals surface area (Å²) in [5.74, 6) is -0.618. The maximum absolute atomic E-state index is 13.8. The third kappa shape index (κ3) is 2.75. The van der Waals surface area contributed by atoms with E-state index in [1.165, 1.54) is 12.1 Å². The van der Waals surface area contributed by atoms with Crippen LogP contribution in [0.1, 0.15) is 23.2 Å². The van der Waals surface area contributed by atoms with Crippen LogP contribution in [0.3, 0.4) is 0 Å². The predicted molar refractivity (Wildman–Crippen MR) is 80.0 cm³/mol. The number of H-pyrrole nitrogens is 1. The molecular weight excluding hydrogens is 305 g/mol. The fourth-order valence-electron chi connectivity index (χ4n) is 2.57. The lowest BCUT2D eigenvalue weighted by Gasteiger charge is -2.18. The Morgan fingerprint density at radius 3 is 3.05 bits per heavy atom. The van der Waals surface area contributed by atoms with Crippen LogP contribution in [0.25, 0.3) is 0 Å². The van der Waals surface area contributed by atoms with Gasteiger partial charge in [0.25, 0.3) is 0 Å². The minimum atomic E-state index is -1.61. The summed E-state index contributed by atoms with van der Waals surface area (Å²) in [6.07, 6.45) is 3.03. The van der Waals surface area contributed by atoms with Gasteiger partial charge >= 0.3 is 0 Å². The van der Waals surface area contributed by atoms with Gasteiger partial charge in [0.05, 0.1) is 28.3 Å². The normalized spacial score (nSPS) is 18.3. The Hall–Kier alpha value is -2.17. The van der Waals surface area contributed by atoms with Crippen molar-refractivity contribution in [2.24, 2.45) is 0 Å². The number of halogens is 1. The number of rotatable bonds is 3. The molecule has 0 saturated carbocycles. The molecule has 1 aliphatic carbocycles. The first-order valence-corrected chi connectivity index (χ1v) is 7.98. The highest BCUT2D eigenvalue weighted by molar-refractivity contribution is 7.86. The van der Waals surface area contributed by atoms with Crippen LogP contribution in [-0.4, -0.2) is 20.4 Å². The number of aromatic amines is 1. The number of nitriles is 1. The molecule has 1 aromatic carbocycles. The molecule has 3 N–H and O–H groups in total. The van der Waals surface area contributed by atoms with Gasteiger partial charge in [-0.25, -0.2) is 8.60 Å². The van der Waals surface area contributed by atoms with E-state index in [1.54, 1.807) is 6.20 Å². The largest absolute Gasteiger partial charge is 0.393 e. The van der Waals surface area contributed by atoms with Gasteiger partial charge < -0.3 is 10.1 Å². The molecule has 0 bridgehead atoms. The van der Waals surface area contributed by atoms with Crippen LogP contribution in [0.4, 0.5) is 10.1 Å². The second kappa shape index (κ2) is 5.91. The van der Waals surface area contributed by atoms with E-state index in [1.807, 2.05) is 6.07 Å². The summed E-state index contributed by atoms with van der Waals surface area (Å²) < 4.78 is 28.9.